The molecule has 1 heterocycles. The normalized spacial score (nSPS) is 35.4. The topological polar surface area (TPSA) is 58.2 Å². The Balaban J connectivity index is 1.37. The van der Waals surface area contributed by atoms with E-state index in [0.29, 0.717) is 28.7 Å². The lowest BCUT2D eigenvalue weighted by Crippen LogP contribution is -2.53. The molecule has 162 valence electrons. The van der Waals surface area contributed by atoms with Crippen LogP contribution in [-0.2, 0) is 9.59 Å². The Hall–Kier alpha value is -1.82. The summed E-state index contributed by atoms with van der Waals surface area (Å²) in [5.41, 5.74) is 0.428. The van der Waals surface area contributed by atoms with Gasteiger partial charge in [-0.3, -0.25) is 9.59 Å². The molecule has 0 spiro atoms. The average Bonchev–Trinajstić information content (AvgIpc) is 2.73. The maximum Gasteiger partial charge on any atom is 0.257 e. The molecule has 6 atom stereocenters. The molecule has 0 aromatic heterocycles. The van der Waals surface area contributed by atoms with Gasteiger partial charge in [-0.15, -0.1) is 11.8 Å². The Morgan fingerprint density at radius 2 is 2.00 bits per heavy atom. The summed E-state index contributed by atoms with van der Waals surface area (Å²) in [5.74, 6) is 0.760. The van der Waals surface area contributed by atoms with Gasteiger partial charge in [0, 0.05) is 28.8 Å². The molecule has 0 radical (unpaired) electrons. The minimum atomic E-state index is -0.327. The molecule has 6 heteroatoms. The van der Waals surface area contributed by atoms with Crippen LogP contribution in [0.3, 0.4) is 0 Å². The Bertz CT molecular complexity index is 842. The van der Waals surface area contributed by atoms with Crippen LogP contribution < -0.4 is 10.6 Å². The molecule has 3 fully saturated rings. The van der Waals surface area contributed by atoms with E-state index >= 15 is 0 Å². The van der Waals surface area contributed by atoms with Gasteiger partial charge in [-0.1, -0.05) is 44.9 Å². The van der Waals surface area contributed by atoms with Crippen LogP contribution in [0.25, 0.3) is 6.08 Å². The van der Waals surface area contributed by atoms with Gasteiger partial charge in [-0.25, -0.2) is 4.39 Å². The first-order chi connectivity index (χ1) is 14.4. The van der Waals surface area contributed by atoms with Gasteiger partial charge in [-0.05, 0) is 49.7 Å². The van der Waals surface area contributed by atoms with E-state index in [1.54, 1.807) is 24.3 Å². The molecule has 4 rings (SSSR count). The molecule has 1 aromatic carbocycles. The second-order valence-corrected chi connectivity index (χ2v) is 10.4. The van der Waals surface area contributed by atoms with Gasteiger partial charge in [0.05, 0.1) is 4.91 Å². The van der Waals surface area contributed by atoms with Crippen molar-refractivity contribution in [1.29, 1.82) is 0 Å². The third-order valence-corrected chi connectivity index (χ3v) is 8.63. The summed E-state index contributed by atoms with van der Waals surface area (Å²) < 4.78 is 14.0. The van der Waals surface area contributed by atoms with Crippen molar-refractivity contribution < 1.29 is 14.0 Å². The van der Waals surface area contributed by atoms with Crippen molar-refractivity contribution in [2.24, 2.45) is 17.8 Å². The number of carbonyl (C=O) groups is 2. The zero-order valence-electron chi connectivity index (χ0n) is 17.7. The van der Waals surface area contributed by atoms with Crippen LogP contribution in [0.5, 0.6) is 0 Å². The molecule has 30 heavy (non-hydrogen) atoms. The smallest absolute Gasteiger partial charge is 0.257 e. The highest BCUT2D eigenvalue weighted by Gasteiger charge is 2.40. The largest absolute Gasteiger partial charge is 0.353 e. The number of hydrogen-bond acceptors (Lipinski definition) is 3. The molecule has 1 aromatic rings. The van der Waals surface area contributed by atoms with Crippen molar-refractivity contribution in [1.82, 2.24) is 10.6 Å². The second-order valence-electron chi connectivity index (χ2n) is 9.16. The van der Waals surface area contributed by atoms with E-state index < -0.39 is 0 Å². The van der Waals surface area contributed by atoms with Gasteiger partial charge in [0.15, 0.2) is 0 Å². The van der Waals surface area contributed by atoms with E-state index in [9.17, 15) is 14.0 Å². The quantitative estimate of drug-likeness (QED) is 0.694. The first-order valence-corrected chi connectivity index (χ1v) is 12.0. The van der Waals surface area contributed by atoms with E-state index in [0.717, 1.165) is 19.3 Å². The van der Waals surface area contributed by atoms with Crippen LogP contribution in [0.4, 0.5) is 4.39 Å². The van der Waals surface area contributed by atoms with Gasteiger partial charge in [0.1, 0.15) is 5.82 Å². The molecule has 1 aliphatic heterocycles. The summed E-state index contributed by atoms with van der Waals surface area (Å²) in [6.07, 6.45) is 7.50. The fourth-order valence-corrected chi connectivity index (χ4v) is 6.33. The van der Waals surface area contributed by atoms with Crippen molar-refractivity contribution in [2.45, 2.75) is 69.7 Å². The molecule has 6 unspecified atom stereocenters. The zero-order chi connectivity index (χ0) is 21.3. The molecule has 2 N–H and O–H groups in total. The number of halogens is 1. The lowest BCUT2D eigenvalue weighted by molar-refractivity contribution is -0.128. The van der Waals surface area contributed by atoms with E-state index in [1.807, 2.05) is 0 Å². The Labute approximate surface area is 182 Å². The van der Waals surface area contributed by atoms with E-state index in [2.05, 4.69) is 24.5 Å². The standard InChI is InChI=1S/C24H31FN2O2S/c1-14-6-5-9-19(15(14)2)26-23(28)17-10-11-21-20(12-17)27-24(29)22(30-21)13-16-7-3-4-8-18(16)25/h3-4,7-8,13-15,17,19-21H,5-6,9-12H2,1-2H3,(H,26,28)(H,27,29)/b22-13+. The molecule has 2 saturated carbocycles. The van der Waals surface area contributed by atoms with Gasteiger partial charge >= 0.3 is 0 Å². The Morgan fingerprint density at radius 1 is 1.20 bits per heavy atom. The van der Waals surface area contributed by atoms with Gasteiger partial charge < -0.3 is 10.6 Å². The van der Waals surface area contributed by atoms with Crippen molar-refractivity contribution >= 4 is 29.7 Å². The van der Waals surface area contributed by atoms with Crippen molar-refractivity contribution in [3.05, 3.63) is 40.6 Å². The summed E-state index contributed by atoms with van der Waals surface area (Å²) >= 11 is 1.53. The lowest BCUT2D eigenvalue weighted by atomic mass is 9.77. The fraction of sp³-hybridized carbons (Fsp3) is 0.583. The highest BCUT2D eigenvalue weighted by Crippen LogP contribution is 2.40. The number of thioether (sulfide) groups is 1. The number of hydrogen-bond donors (Lipinski definition) is 2. The Morgan fingerprint density at radius 3 is 2.80 bits per heavy atom. The van der Waals surface area contributed by atoms with Gasteiger partial charge in [0.25, 0.3) is 5.91 Å². The van der Waals surface area contributed by atoms with Crippen LogP contribution in [0, 0.1) is 23.6 Å². The van der Waals surface area contributed by atoms with Gasteiger partial charge in [-0.2, -0.15) is 0 Å². The maximum absolute atomic E-state index is 14.0. The first kappa shape index (κ1) is 21.4. The monoisotopic (exact) mass is 430 g/mol. The minimum absolute atomic E-state index is 0.00697. The second kappa shape index (κ2) is 9.13. The summed E-state index contributed by atoms with van der Waals surface area (Å²) in [6, 6.07) is 6.75. The van der Waals surface area contributed by atoms with Crippen molar-refractivity contribution in [3.63, 3.8) is 0 Å². The Kier molecular flexibility index (Phi) is 6.51. The molecular formula is C24H31FN2O2S. The number of benzene rings is 1. The summed E-state index contributed by atoms with van der Waals surface area (Å²) in [7, 11) is 0. The number of nitrogens with one attached hydrogen (secondary N) is 2. The highest BCUT2D eigenvalue weighted by atomic mass is 32.2. The van der Waals surface area contributed by atoms with Crippen molar-refractivity contribution in [2.75, 3.05) is 0 Å². The number of amides is 2. The van der Waals surface area contributed by atoms with E-state index in [4.69, 9.17) is 0 Å². The van der Waals surface area contributed by atoms with Crippen molar-refractivity contribution in [3.8, 4) is 0 Å². The molecule has 0 bridgehead atoms. The molecule has 3 aliphatic rings. The maximum atomic E-state index is 14.0. The third-order valence-electron chi connectivity index (χ3n) is 7.20. The third kappa shape index (κ3) is 4.58. The van der Waals surface area contributed by atoms with Crippen LogP contribution in [0.1, 0.15) is 57.9 Å². The average molecular weight is 431 g/mol. The van der Waals surface area contributed by atoms with Gasteiger partial charge in [0.2, 0.25) is 5.91 Å². The number of carbonyl (C=O) groups excluding carboxylic acids is 2. The predicted molar refractivity (Wildman–Crippen MR) is 119 cm³/mol. The van der Waals surface area contributed by atoms with E-state index in [1.165, 1.54) is 30.7 Å². The highest BCUT2D eigenvalue weighted by molar-refractivity contribution is 8.04. The first-order valence-electron chi connectivity index (χ1n) is 11.2. The predicted octanol–water partition coefficient (Wildman–Crippen LogP) is 4.51. The van der Waals surface area contributed by atoms with Crippen LogP contribution >= 0.6 is 11.8 Å². The van der Waals surface area contributed by atoms with E-state index in [-0.39, 0.29) is 40.9 Å². The SMILES string of the molecule is CC1CCCC(NC(=O)C2CCC3S/C(=C/c4ccccc4F)C(=O)NC3C2)C1C. The lowest BCUT2D eigenvalue weighted by Gasteiger charge is -2.40. The minimum Gasteiger partial charge on any atom is -0.353 e. The molecule has 2 amide bonds. The molecule has 4 nitrogen and oxygen atoms in total. The van der Waals surface area contributed by atoms with Crippen LogP contribution in [0.15, 0.2) is 29.2 Å². The molecular weight excluding hydrogens is 399 g/mol. The molecule has 1 saturated heterocycles. The van der Waals surface area contributed by atoms with Crippen LogP contribution in [0.2, 0.25) is 0 Å². The summed E-state index contributed by atoms with van der Waals surface area (Å²) in [6.45, 7) is 4.52. The zero-order valence-corrected chi connectivity index (χ0v) is 18.5. The molecule has 2 aliphatic carbocycles. The fourth-order valence-electron chi connectivity index (χ4n) is 5.05. The summed E-state index contributed by atoms with van der Waals surface area (Å²) in [4.78, 5) is 26.1. The van der Waals surface area contributed by atoms with Crippen LogP contribution in [-0.4, -0.2) is 29.1 Å². The summed E-state index contributed by atoms with van der Waals surface area (Å²) in [5, 5.41) is 6.63. The number of rotatable bonds is 3. The number of fused-ring (bicyclic) bond motifs is 1.